The Morgan fingerprint density at radius 2 is 1.87 bits per heavy atom. The smallest absolute Gasteiger partial charge is 0.287 e. The van der Waals surface area contributed by atoms with Crippen molar-refractivity contribution >= 4 is 34.6 Å². The summed E-state index contributed by atoms with van der Waals surface area (Å²) in [5, 5.41) is 11.4. The molecule has 0 spiro atoms. The number of carbonyl (C=O) groups excluding carboxylic acids is 1. The van der Waals surface area contributed by atoms with E-state index in [-0.39, 0.29) is 29.6 Å². The van der Waals surface area contributed by atoms with Crippen LogP contribution in [0.5, 0.6) is 11.6 Å². The van der Waals surface area contributed by atoms with Gasteiger partial charge in [0.25, 0.3) is 11.6 Å². The Labute approximate surface area is 178 Å². The van der Waals surface area contributed by atoms with Crippen molar-refractivity contribution in [2.75, 3.05) is 0 Å². The summed E-state index contributed by atoms with van der Waals surface area (Å²) >= 11 is 1.38. The molecule has 30 heavy (non-hydrogen) atoms. The fourth-order valence-electron chi connectivity index (χ4n) is 2.70. The number of amides is 1. The molecule has 2 heterocycles. The Bertz CT molecular complexity index is 999. The highest BCUT2D eigenvalue weighted by atomic mass is 32.2. The van der Waals surface area contributed by atoms with E-state index in [9.17, 15) is 14.9 Å². The summed E-state index contributed by atoms with van der Waals surface area (Å²) in [6.07, 6.45) is 2.98. The maximum Gasteiger partial charge on any atom is 0.287 e. The van der Waals surface area contributed by atoms with Crippen molar-refractivity contribution in [1.29, 1.82) is 0 Å². The number of nitrogens with zero attached hydrogens (tertiary/aromatic N) is 4. The second-order valence-electron chi connectivity index (χ2n) is 7.17. The number of benzene rings is 1. The predicted octanol–water partition coefficient (Wildman–Crippen LogP) is 4.87. The maximum atomic E-state index is 12.8. The molecule has 1 saturated heterocycles. The van der Waals surface area contributed by atoms with Gasteiger partial charge in [0.1, 0.15) is 11.9 Å². The van der Waals surface area contributed by atoms with Gasteiger partial charge in [0, 0.05) is 24.2 Å². The van der Waals surface area contributed by atoms with Gasteiger partial charge in [-0.3, -0.25) is 24.8 Å². The number of amidine groups is 1. The van der Waals surface area contributed by atoms with Crippen molar-refractivity contribution in [3.63, 3.8) is 0 Å². The van der Waals surface area contributed by atoms with Crippen LogP contribution < -0.4 is 4.74 Å². The molecule has 9 heteroatoms. The van der Waals surface area contributed by atoms with Gasteiger partial charge in [-0.05, 0) is 63.2 Å². The first kappa shape index (κ1) is 21.5. The number of hydrogen-bond donors (Lipinski definition) is 0. The summed E-state index contributed by atoms with van der Waals surface area (Å²) in [7, 11) is 0. The van der Waals surface area contributed by atoms with Crippen LogP contribution in [0.1, 0.15) is 33.3 Å². The minimum absolute atomic E-state index is 0.0263. The quantitative estimate of drug-likeness (QED) is 0.371. The average molecular weight is 426 g/mol. The molecule has 0 atom stereocenters. The Balaban J connectivity index is 1.75. The first-order valence-electron chi connectivity index (χ1n) is 9.44. The van der Waals surface area contributed by atoms with E-state index in [1.165, 1.54) is 23.9 Å². The van der Waals surface area contributed by atoms with Crippen molar-refractivity contribution in [2.24, 2.45) is 4.99 Å². The van der Waals surface area contributed by atoms with E-state index in [2.05, 4.69) is 9.98 Å². The topological polar surface area (TPSA) is 97.9 Å². The van der Waals surface area contributed by atoms with E-state index in [1.807, 2.05) is 45.9 Å². The van der Waals surface area contributed by atoms with Crippen LogP contribution in [0.25, 0.3) is 6.08 Å². The lowest BCUT2D eigenvalue weighted by atomic mass is 10.2. The van der Waals surface area contributed by atoms with E-state index < -0.39 is 4.92 Å². The zero-order valence-electron chi connectivity index (χ0n) is 17.1. The fraction of sp³-hybridized carbons (Fsp3) is 0.286. The molecule has 1 aliphatic heterocycles. The van der Waals surface area contributed by atoms with Gasteiger partial charge in [0.05, 0.1) is 9.83 Å². The number of pyridine rings is 1. The number of nitro groups is 1. The summed E-state index contributed by atoms with van der Waals surface area (Å²) in [6, 6.07) is 10.1. The molecule has 0 bridgehead atoms. The molecular weight excluding hydrogens is 404 g/mol. The van der Waals surface area contributed by atoms with Crippen LogP contribution in [0, 0.1) is 10.1 Å². The molecule has 2 aromatic rings. The van der Waals surface area contributed by atoms with Gasteiger partial charge in [-0.15, -0.1) is 0 Å². The first-order chi connectivity index (χ1) is 14.2. The second-order valence-corrected chi connectivity index (χ2v) is 8.18. The summed E-state index contributed by atoms with van der Waals surface area (Å²) in [4.78, 5) is 33.8. The van der Waals surface area contributed by atoms with E-state index in [1.54, 1.807) is 17.0 Å². The van der Waals surface area contributed by atoms with E-state index in [4.69, 9.17) is 4.74 Å². The monoisotopic (exact) mass is 426 g/mol. The molecule has 0 saturated carbocycles. The van der Waals surface area contributed by atoms with Crippen LogP contribution >= 0.6 is 11.8 Å². The van der Waals surface area contributed by atoms with Crippen molar-refractivity contribution in [3.8, 4) is 11.6 Å². The second kappa shape index (κ2) is 9.08. The molecule has 1 fully saturated rings. The number of carbonyl (C=O) groups is 1. The Hall–Kier alpha value is -3.20. The SMILES string of the molecule is CC(C)N=C1S/C(=C/c2ccc(Oc3ccc([N+](=O)[O-])cn3)cc2)C(=O)N1C(C)C. The maximum absolute atomic E-state index is 12.8. The Morgan fingerprint density at radius 1 is 1.17 bits per heavy atom. The van der Waals surface area contributed by atoms with Gasteiger partial charge in [-0.2, -0.15) is 0 Å². The molecule has 0 aliphatic carbocycles. The van der Waals surface area contributed by atoms with Gasteiger partial charge in [0.2, 0.25) is 5.88 Å². The number of hydrogen-bond acceptors (Lipinski definition) is 7. The zero-order valence-corrected chi connectivity index (χ0v) is 17.9. The molecule has 1 aromatic carbocycles. The lowest BCUT2D eigenvalue weighted by Gasteiger charge is -2.20. The first-order valence-corrected chi connectivity index (χ1v) is 10.3. The molecule has 1 aliphatic rings. The molecule has 3 rings (SSSR count). The Morgan fingerprint density at radius 3 is 2.40 bits per heavy atom. The van der Waals surface area contributed by atoms with Gasteiger partial charge >= 0.3 is 0 Å². The number of aliphatic imine (C=N–C) groups is 1. The number of rotatable bonds is 6. The van der Waals surface area contributed by atoms with Crippen LogP contribution in [0.15, 0.2) is 52.5 Å². The van der Waals surface area contributed by atoms with Gasteiger partial charge < -0.3 is 4.74 Å². The Kier molecular flexibility index (Phi) is 6.51. The van der Waals surface area contributed by atoms with Gasteiger partial charge in [-0.25, -0.2) is 4.98 Å². The van der Waals surface area contributed by atoms with Crippen LogP contribution in [0.2, 0.25) is 0 Å². The molecule has 1 amide bonds. The summed E-state index contributed by atoms with van der Waals surface area (Å²) in [6.45, 7) is 7.90. The highest BCUT2D eigenvalue weighted by Gasteiger charge is 2.35. The highest BCUT2D eigenvalue weighted by Crippen LogP contribution is 2.34. The molecular formula is C21H22N4O4S. The van der Waals surface area contributed by atoms with Crippen molar-refractivity contribution in [2.45, 2.75) is 39.8 Å². The minimum atomic E-state index is -0.515. The van der Waals surface area contributed by atoms with Crippen LogP contribution in [-0.4, -0.2) is 38.0 Å². The lowest BCUT2D eigenvalue weighted by Crippen LogP contribution is -2.35. The van der Waals surface area contributed by atoms with E-state index >= 15 is 0 Å². The zero-order chi connectivity index (χ0) is 21.8. The van der Waals surface area contributed by atoms with E-state index in [0.717, 1.165) is 16.9 Å². The summed E-state index contributed by atoms with van der Waals surface area (Å²) in [5.41, 5.74) is 0.753. The molecule has 1 aromatic heterocycles. The molecule has 0 radical (unpaired) electrons. The third kappa shape index (κ3) is 5.04. The molecule has 8 nitrogen and oxygen atoms in total. The van der Waals surface area contributed by atoms with Crippen molar-refractivity contribution < 1.29 is 14.5 Å². The van der Waals surface area contributed by atoms with Crippen molar-refractivity contribution in [1.82, 2.24) is 9.88 Å². The van der Waals surface area contributed by atoms with Crippen LogP contribution in [0.3, 0.4) is 0 Å². The number of thioether (sulfide) groups is 1. The fourth-order valence-corrected chi connectivity index (χ4v) is 3.93. The number of aromatic nitrogens is 1. The molecule has 0 N–H and O–H groups in total. The minimum Gasteiger partial charge on any atom is -0.439 e. The molecule has 0 unspecified atom stereocenters. The standard InChI is InChI=1S/C21H22N4O4S/c1-13(2)23-21-24(14(3)4)20(26)18(30-21)11-15-5-8-17(9-6-15)29-19-10-7-16(12-22-19)25(27)28/h5-14H,1-4H3/b18-11+,23-21?. The van der Waals surface area contributed by atoms with Crippen molar-refractivity contribution in [3.05, 3.63) is 63.2 Å². The third-order valence-corrected chi connectivity index (χ3v) is 5.05. The average Bonchev–Trinajstić information content (AvgIpc) is 2.98. The van der Waals surface area contributed by atoms with Gasteiger partial charge in [-0.1, -0.05) is 12.1 Å². The predicted molar refractivity (Wildman–Crippen MR) is 118 cm³/mol. The lowest BCUT2D eigenvalue weighted by molar-refractivity contribution is -0.385. The van der Waals surface area contributed by atoms with E-state index in [0.29, 0.717) is 10.7 Å². The third-order valence-electron chi connectivity index (χ3n) is 4.05. The molecule has 156 valence electrons. The summed E-state index contributed by atoms with van der Waals surface area (Å²) < 4.78 is 5.61. The number of ether oxygens (including phenoxy) is 1. The summed E-state index contributed by atoms with van der Waals surface area (Å²) in [5.74, 6) is 0.745. The van der Waals surface area contributed by atoms with Crippen LogP contribution in [-0.2, 0) is 4.79 Å². The van der Waals surface area contributed by atoms with Gasteiger partial charge in [0.15, 0.2) is 5.17 Å². The van der Waals surface area contributed by atoms with Crippen LogP contribution in [0.4, 0.5) is 5.69 Å². The normalized spacial score (nSPS) is 16.9. The highest BCUT2D eigenvalue weighted by molar-refractivity contribution is 8.18. The largest absolute Gasteiger partial charge is 0.439 e.